The first-order chi connectivity index (χ1) is 14.2. The fourth-order valence-corrected chi connectivity index (χ4v) is 4.26. The zero-order valence-corrected chi connectivity index (χ0v) is 17.8. The van der Waals surface area contributed by atoms with E-state index < -0.39 is 0 Å². The van der Waals surface area contributed by atoms with Gasteiger partial charge in [0.05, 0.1) is 13.3 Å². The van der Waals surface area contributed by atoms with Crippen LogP contribution in [0.3, 0.4) is 0 Å². The summed E-state index contributed by atoms with van der Waals surface area (Å²) in [4.78, 5) is 27.2. The number of amides is 1. The molecule has 0 aromatic carbocycles. The summed E-state index contributed by atoms with van der Waals surface area (Å²) < 4.78 is 7.08. The number of allylic oxidation sites excluding steroid dienone is 1. The Balaban J connectivity index is 1.63. The molecule has 0 radical (unpaired) electrons. The second-order valence-electron chi connectivity index (χ2n) is 8.22. The SMILES string of the molecule is COc1cn(CC(=O)NCCC2=CCCCC2)c(CN2CCCCCC2)cc1=O. The molecule has 0 bridgehead atoms. The van der Waals surface area contributed by atoms with Crippen LogP contribution in [0.5, 0.6) is 5.75 Å². The van der Waals surface area contributed by atoms with Gasteiger partial charge in [0.25, 0.3) is 0 Å². The number of hydrogen-bond acceptors (Lipinski definition) is 4. The van der Waals surface area contributed by atoms with Crippen LogP contribution in [0.15, 0.2) is 28.7 Å². The molecule has 1 aromatic rings. The second-order valence-corrected chi connectivity index (χ2v) is 8.22. The number of aromatic nitrogens is 1. The minimum absolute atomic E-state index is 0.0239. The van der Waals surface area contributed by atoms with E-state index in [2.05, 4.69) is 16.3 Å². The van der Waals surface area contributed by atoms with E-state index in [0.29, 0.717) is 13.1 Å². The van der Waals surface area contributed by atoms with E-state index in [1.807, 2.05) is 4.57 Å². The number of likely N-dealkylation sites (tertiary alicyclic amines) is 1. The highest BCUT2D eigenvalue weighted by Crippen LogP contribution is 2.19. The van der Waals surface area contributed by atoms with Crippen LogP contribution >= 0.6 is 0 Å². The fraction of sp³-hybridized carbons (Fsp3) is 0.652. The lowest BCUT2D eigenvalue weighted by Crippen LogP contribution is -2.32. The lowest BCUT2D eigenvalue weighted by Gasteiger charge is -2.23. The van der Waals surface area contributed by atoms with E-state index >= 15 is 0 Å². The van der Waals surface area contributed by atoms with Crippen molar-refractivity contribution in [3.8, 4) is 5.75 Å². The molecule has 1 aromatic heterocycles. The highest BCUT2D eigenvalue weighted by atomic mass is 16.5. The molecular formula is C23H35N3O3. The van der Waals surface area contributed by atoms with Crippen molar-refractivity contribution in [2.75, 3.05) is 26.7 Å². The number of nitrogens with zero attached hydrogens (tertiary/aromatic N) is 2. The maximum Gasteiger partial charge on any atom is 0.239 e. The molecule has 6 heteroatoms. The van der Waals surface area contributed by atoms with Gasteiger partial charge in [-0.3, -0.25) is 14.5 Å². The summed E-state index contributed by atoms with van der Waals surface area (Å²) in [5.41, 5.74) is 2.21. The third-order valence-corrected chi connectivity index (χ3v) is 5.95. The van der Waals surface area contributed by atoms with Crippen molar-refractivity contribution in [1.29, 1.82) is 0 Å². The second kappa shape index (κ2) is 11.2. The Morgan fingerprint density at radius 3 is 2.62 bits per heavy atom. The average Bonchev–Trinajstić information content (AvgIpc) is 2.99. The Morgan fingerprint density at radius 1 is 1.14 bits per heavy atom. The first-order valence-corrected chi connectivity index (χ1v) is 11.1. The molecule has 0 unspecified atom stereocenters. The molecule has 1 N–H and O–H groups in total. The van der Waals surface area contributed by atoms with E-state index in [0.717, 1.165) is 31.6 Å². The Kier molecular flexibility index (Phi) is 8.35. The van der Waals surface area contributed by atoms with Gasteiger partial charge in [-0.1, -0.05) is 24.5 Å². The minimum Gasteiger partial charge on any atom is -0.491 e. The highest BCUT2D eigenvalue weighted by Gasteiger charge is 2.15. The van der Waals surface area contributed by atoms with Crippen LogP contribution in [0.4, 0.5) is 0 Å². The molecule has 160 valence electrons. The van der Waals surface area contributed by atoms with E-state index in [1.54, 1.807) is 12.3 Å². The summed E-state index contributed by atoms with van der Waals surface area (Å²) in [6, 6.07) is 1.63. The summed E-state index contributed by atoms with van der Waals surface area (Å²) in [5.74, 6) is 0.258. The van der Waals surface area contributed by atoms with Gasteiger partial charge >= 0.3 is 0 Å². The van der Waals surface area contributed by atoms with Crippen LogP contribution < -0.4 is 15.5 Å². The summed E-state index contributed by atoms with van der Waals surface area (Å²) in [5, 5.41) is 3.04. The smallest absolute Gasteiger partial charge is 0.239 e. The average molecular weight is 402 g/mol. The van der Waals surface area contributed by atoms with Crippen molar-refractivity contribution in [3.05, 3.63) is 39.8 Å². The number of rotatable bonds is 8. The van der Waals surface area contributed by atoms with Gasteiger partial charge in [-0.15, -0.1) is 0 Å². The van der Waals surface area contributed by atoms with Gasteiger partial charge in [0.2, 0.25) is 11.3 Å². The third kappa shape index (κ3) is 6.74. The molecule has 0 saturated carbocycles. The van der Waals surface area contributed by atoms with Crippen molar-refractivity contribution in [1.82, 2.24) is 14.8 Å². The summed E-state index contributed by atoms with van der Waals surface area (Å²) in [6.45, 7) is 3.66. The Labute approximate surface area is 173 Å². The standard InChI is InChI=1S/C23H35N3O3/c1-29-22-17-26(18-23(28)24-12-11-19-9-5-4-6-10-19)20(15-21(22)27)16-25-13-7-2-3-8-14-25/h9,15,17H,2-8,10-14,16,18H2,1H3,(H,24,28). The zero-order valence-electron chi connectivity index (χ0n) is 17.8. The lowest BCUT2D eigenvalue weighted by atomic mass is 9.97. The molecule has 0 atom stereocenters. The molecule has 2 aliphatic rings. The molecule has 3 rings (SSSR count). The van der Waals surface area contributed by atoms with Gasteiger partial charge in [0, 0.05) is 24.8 Å². The van der Waals surface area contributed by atoms with Gasteiger partial charge in [0.1, 0.15) is 6.54 Å². The van der Waals surface area contributed by atoms with E-state index in [9.17, 15) is 9.59 Å². The van der Waals surface area contributed by atoms with E-state index in [1.165, 1.54) is 57.6 Å². The monoisotopic (exact) mass is 401 g/mol. The van der Waals surface area contributed by atoms with Crippen LogP contribution in [-0.2, 0) is 17.9 Å². The summed E-state index contributed by atoms with van der Waals surface area (Å²) >= 11 is 0. The van der Waals surface area contributed by atoms with Crippen LogP contribution in [0.1, 0.15) is 63.5 Å². The molecule has 1 saturated heterocycles. The number of carbonyl (C=O) groups excluding carboxylic acids is 1. The maximum atomic E-state index is 12.6. The predicted octanol–water partition coefficient (Wildman–Crippen LogP) is 3.24. The van der Waals surface area contributed by atoms with Gasteiger partial charge in [-0.05, 0) is 58.0 Å². The topological polar surface area (TPSA) is 63.6 Å². The fourth-order valence-electron chi connectivity index (χ4n) is 4.26. The maximum absolute atomic E-state index is 12.6. The molecule has 29 heavy (non-hydrogen) atoms. The van der Waals surface area contributed by atoms with Crippen molar-refractivity contribution >= 4 is 5.91 Å². The normalized spacial score (nSPS) is 18.0. The van der Waals surface area contributed by atoms with E-state index in [4.69, 9.17) is 4.74 Å². The number of pyridine rings is 1. The van der Waals surface area contributed by atoms with Crippen molar-refractivity contribution in [3.63, 3.8) is 0 Å². The van der Waals surface area contributed by atoms with Gasteiger partial charge in [-0.2, -0.15) is 0 Å². The van der Waals surface area contributed by atoms with Crippen LogP contribution in [-0.4, -0.2) is 42.1 Å². The molecule has 1 aliphatic heterocycles. The Hall–Kier alpha value is -2.08. The summed E-state index contributed by atoms with van der Waals surface area (Å²) in [7, 11) is 1.49. The summed E-state index contributed by atoms with van der Waals surface area (Å²) in [6.07, 6.45) is 14.7. The van der Waals surface area contributed by atoms with Crippen LogP contribution in [0, 0.1) is 0 Å². The molecule has 1 aliphatic carbocycles. The van der Waals surface area contributed by atoms with Crippen molar-refractivity contribution in [2.45, 2.75) is 70.9 Å². The molecule has 1 fully saturated rings. The van der Waals surface area contributed by atoms with Crippen LogP contribution in [0.25, 0.3) is 0 Å². The quantitative estimate of drug-likeness (QED) is 0.679. The van der Waals surface area contributed by atoms with Gasteiger partial charge < -0.3 is 14.6 Å². The van der Waals surface area contributed by atoms with Gasteiger partial charge in [-0.25, -0.2) is 0 Å². The molecule has 2 heterocycles. The first kappa shape index (κ1) is 21.6. The van der Waals surface area contributed by atoms with Crippen molar-refractivity contribution < 1.29 is 9.53 Å². The third-order valence-electron chi connectivity index (χ3n) is 5.95. The Morgan fingerprint density at radius 2 is 1.93 bits per heavy atom. The number of ether oxygens (including phenoxy) is 1. The number of hydrogen-bond donors (Lipinski definition) is 1. The minimum atomic E-state index is -0.127. The highest BCUT2D eigenvalue weighted by molar-refractivity contribution is 5.75. The predicted molar refractivity (Wildman–Crippen MR) is 115 cm³/mol. The number of carbonyl (C=O) groups is 1. The van der Waals surface area contributed by atoms with Crippen molar-refractivity contribution in [2.24, 2.45) is 0 Å². The molecule has 6 nitrogen and oxygen atoms in total. The van der Waals surface area contributed by atoms with E-state index in [-0.39, 0.29) is 23.6 Å². The molecule has 0 spiro atoms. The molecule has 1 amide bonds. The molecular weight excluding hydrogens is 366 g/mol. The zero-order chi connectivity index (χ0) is 20.5. The number of nitrogens with one attached hydrogen (secondary N) is 1. The van der Waals surface area contributed by atoms with Crippen LogP contribution in [0.2, 0.25) is 0 Å². The van der Waals surface area contributed by atoms with Gasteiger partial charge in [0.15, 0.2) is 5.75 Å². The largest absolute Gasteiger partial charge is 0.491 e. The Bertz CT molecular complexity index is 761. The first-order valence-electron chi connectivity index (χ1n) is 11.1. The lowest BCUT2D eigenvalue weighted by molar-refractivity contribution is -0.121. The number of methoxy groups -OCH3 is 1.